The van der Waals surface area contributed by atoms with E-state index in [4.69, 9.17) is 0 Å². The highest BCUT2D eigenvalue weighted by atomic mass is 127. The van der Waals surface area contributed by atoms with Crippen LogP contribution in [0.1, 0.15) is 20.3 Å². The number of hydrogen-bond acceptors (Lipinski definition) is 5. The molecule has 2 rings (SSSR count). The molecule has 10 heteroatoms. The molecule has 0 spiro atoms. The van der Waals surface area contributed by atoms with Crippen molar-refractivity contribution in [3.63, 3.8) is 0 Å². The first-order chi connectivity index (χ1) is 14.0. The van der Waals surface area contributed by atoms with E-state index in [0.29, 0.717) is 25.6 Å². The molecule has 1 aliphatic rings. The van der Waals surface area contributed by atoms with Gasteiger partial charge in [-0.2, -0.15) is 0 Å². The Kier molecular flexibility index (Phi) is 10.5. The summed E-state index contributed by atoms with van der Waals surface area (Å²) in [5.74, 6) is 0.580. The quantitative estimate of drug-likeness (QED) is 0.235. The van der Waals surface area contributed by atoms with Gasteiger partial charge in [0.05, 0.1) is 10.5 Å². The monoisotopic (exact) mass is 565 g/mol. The third kappa shape index (κ3) is 7.81. The smallest absolute Gasteiger partial charge is 0.243 e. The topological polar surface area (TPSA) is 85.3 Å². The summed E-state index contributed by atoms with van der Waals surface area (Å²) in [5, 5.41) is 3.34. The second-order valence-corrected chi connectivity index (χ2v) is 11.2. The van der Waals surface area contributed by atoms with Crippen LogP contribution in [0.3, 0.4) is 0 Å². The van der Waals surface area contributed by atoms with Gasteiger partial charge in [0.15, 0.2) is 15.8 Å². The fraction of sp³-hybridized carbons (Fsp3) is 0.619. The number of guanidine groups is 1. The maximum absolute atomic E-state index is 12.3. The highest BCUT2D eigenvalue weighted by Crippen LogP contribution is 2.23. The summed E-state index contributed by atoms with van der Waals surface area (Å²) in [7, 11) is 2.30. The molecule has 1 N–H and O–H groups in total. The SMILES string of the molecule is CN(C)C(=O)CN=C(NCCCN(C)c1ccccc1)N1CCS(=O)(=O)C(C)(C)C1.I. The lowest BCUT2D eigenvalue weighted by molar-refractivity contribution is -0.127. The summed E-state index contributed by atoms with van der Waals surface area (Å²) in [4.78, 5) is 22.1. The predicted molar refractivity (Wildman–Crippen MR) is 138 cm³/mol. The Morgan fingerprint density at radius 2 is 1.84 bits per heavy atom. The molecular formula is C21H36IN5O3S. The van der Waals surface area contributed by atoms with Crippen molar-refractivity contribution in [3.05, 3.63) is 30.3 Å². The van der Waals surface area contributed by atoms with E-state index in [0.717, 1.165) is 18.7 Å². The van der Waals surface area contributed by atoms with Gasteiger partial charge in [-0.15, -0.1) is 24.0 Å². The van der Waals surface area contributed by atoms with Gasteiger partial charge in [0.1, 0.15) is 6.54 Å². The van der Waals surface area contributed by atoms with Crippen LogP contribution in [0.25, 0.3) is 0 Å². The highest BCUT2D eigenvalue weighted by molar-refractivity contribution is 14.0. The normalized spacial score (nSPS) is 17.5. The van der Waals surface area contributed by atoms with E-state index in [1.807, 2.05) is 23.1 Å². The molecule has 0 aliphatic carbocycles. The first kappa shape index (κ1) is 27.5. The fourth-order valence-corrected chi connectivity index (χ4v) is 4.57. The number of sulfone groups is 1. The molecule has 1 amide bonds. The first-order valence-electron chi connectivity index (χ1n) is 10.3. The molecule has 1 heterocycles. The minimum absolute atomic E-state index is 0. The van der Waals surface area contributed by atoms with Gasteiger partial charge in [0.2, 0.25) is 5.91 Å². The van der Waals surface area contributed by atoms with E-state index in [-0.39, 0.29) is 42.2 Å². The van der Waals surface area contributed by atoms with E-state index >= 15 is 0 Å². The summed E-state index contributed by atoms with van der Waals surface area (Å²) in [6.07, 6.45) is 0.877. The van der Waals surface area contributed by atoms with Crippen LogP contribution in [-0.2, 0) is 14.6 Å². The number of likely N-dealkylation sites (N-methyl/N-ethyl adjacent to an activating group) is 1. The molecule has 0 aromatic heterocycles. The molecule has 1 aromatic carbocycles. The molecule has 0 unspecified atom stereocenters. The van der Waals surface area contributed by atoms with Crippen molar-refractivity contribution in [3.8, 4) is 0 Å². The minimum atomic E-state index is -3.15. The molecular weight excluding hydrogens is 529 g/mol. The number of nitrogens with one attached hydrogen (secondary N) is 1. The zero-order valence-electron chi connectivity index (χ0n) is 19.2. The van der Waals surface area contributed by atoms with E-state index in [9.17, 15) is 13.2 Å². The molecule has 0 radical (unpaired) electrons. The van der Waals surface area contributed by atoms with Gasteiger partial charge in [-0.3, -0.25) is 4.79 Å². The molecule has 0 bridgehead atoms. The Morgan fingerprint density at radius 1 is 1.19 bits per heavy atom. The van der Waals surface area contributed by atoms with Gasteiger partial charge < -0.3 is 20.0 Å². The van der Waals surface area contributed by atoms with Crippen molar-refractivity contribution < 1.29 is 13.2 Å². The number of rotatable bonds is 7. The Morgan fingerprint density at radius 3 is 2.42 bits per heavy atom. The van der Waals surface area contributed by atoms with Crippen LogP contribution in [0, 0.1) is 0 Å². The fourth-order valence-electron chi connectivity index (χ4n) is 3.20. The van der Waals surface area contributed by atoms with E-state index in [2.05, 4.69) is 34.4 Å². The van der Waals surface area contributed by atoms with Crippen LogP contribution in [0.2, 0.25) is 0 Å². The minimum Gasteiger partial charge on any atom is -0.375 e. The van der Waals surface area contributed by atoms with Crippen LogP contribution in [-0.4, -0.2) is 94.5 Å². The van der Waals surface area contributed by atoms with Crippen molar-refractivity contribution in [2.75, 3.05) is 64.5 Å². The van der Waals surface area contributed by atoms with E-state index in [1.165, 1.54) is 4.90 Å². The van der Waals surface area contributed by atoms with Gasteiger partial charge >= 0.3 is 0 Å². The molecule has 1 saturated heterocycles. The number of benzene rings is 1. The summed E-state index contributed by atoms with van der Waals surface area (Å²) in [6.45, 7) is 5.77. The molecule has 0 saturated carbocycles. The third-order valence-corrected chi connectivity index (χ3v) is 7.89. The Bertz CT molecular complexity index is 844. The number of carbonyl (C=O) groups is 1. The van der Waals surface area contributed by atoms with Crippen molar-refractivity contribution in [2.24, 2.45) is 4.99 Å². The summed E-state index contributed by atoms with van der Waals surface area (Å²) < 4.78 is 23.8. The largest absolute Gasteiger partial charge is 0.375 e. The number of hydrogen-bond donors (Lipinski definition) is 1. The zero-order valence-corrected chi connectivity index (χ0v) is 22.3. The van der Waals surface area contributed by atoms with Crippen molar-refractivity contribution in [2.45, 2.75) is 25.0 Å². The van der Waals surface area contributed by atoms with Gasteiger partial charge in [0, 0.05) is 53.0 Å². The number of carbonyl (C=O) groups excluding carboxylic acids is 1. The number of halogens is 1. The number of para-hydroxylation sites is 1. The van der Waals surface area contributed by atoms with Gasteiger partial charge in [-0.1, -0.05) is 18.2 Å². The van der Waals surface area contributed by atoms with Crippen LogP contribution in [0.4, 0.5) is 5.69 Å². The predicted octanol–water partition coefficient (Wildman–Crippen LogP) is 1.67. The molecule has 1 aliphatic heterocycles. The molecule has 1 fully saturated rings. The van der Waals surface area contributed by atoms with Gasteiger partial charge in [-0.05, 0) is 32.4 Å². The lowest BCUT2D eigenvalue weighted by Crippen LogP contribution is -2.57. The van der Waals surface area contributed by atoms with Crippen LogP contribution in [0.15, 0.2) is 35.3 Å². The standard InChI is InChI=1S/C21H35N5O3S.HI/c1-21(2)17-26(14-15-30(21,28)29)20(23-16-19(27)24(3)4)22-12-9-13-25(5)18-10-7-6-8-11-18;/h6-8,10-11H,9,12-17H2,1-5H3,(H,22,23);1H. The second kappa shape index (κ2) is 11.9. The van der Waals surface area contributed by atoms with Crippen LogP contribution >= 0.6 is 24.0 Å². The Balaban J connectivity index is 0.00000480. The molecule has 8 nitrogen and oxygen atoms in total. The number of amides is 1. The second-order valence-electron chi connectivity index (χ2n) is 8.47. The number of anilines is 1. The lowest BCUT2D eigenvalue weighted by atomic mass is 10.2. The summed E-state index contributed by atoms with van der Waals surface area (Å²) in [5.41, 5.74) is 1.16. The van der Waals surface area contributed by atoms with Crippen LogP contribution in [0.5, 0.6) is 0 Å². The zero-order chi connectivity index (χ0) is 22.4. The third-order valence-electron chi connectivity index (χ3n) is 5.36. The summed E-state index contributed by atoms with van der Waals surface area (Å²) >= 11 is 0. The Hall–Kier alpha value is -1.56. The van der Waals surface area contributed by atoms with Crippen LogP contribution < -0.4 is 10.2 Å². The first-order valence-corrected chi connectivity index (χ1v) is 11.9. The number of aliphatic imine (C=N–C) groups is 1. The molecule has 31 heavy (non-hydrogen) atoms. The van der Waals surface area contributed by atoms with Crippen molar-refractivity contribution >= 4 is 51.4 Å². The number of nitrogens with zero attached hydrogens (tertiary/aromatic N) is 4. The molecule has 0 atom stereocenters. The maximum atomic E-state index is 12.3. The average molecular weight is 566 g/mol. The van der Waals surface area contributed by atoms with Gasteiger partial charge in [0.25, 0.3) is 0 Å². The van der Waals surface area contributed by atoms with Crippen molar-refractivity contribution in [1.29, 1.82) is 0 Å². The highest BCUT2D eigenvalue weighted by Gasteiger charge is 2.41. The van der Waals surface area contributed by atoms with Crippen molar-refractivity contribution in [1.82, 2.24) is 15.1 Å². The summed E-state index contributed by atoms with van der Waals surface area (Å²) in [6, 6.07) is 10.2. The Labute approximate surface area is 204 Å². The molecule has 1 aromatic rings. The lowest BCUT2D eigenvalue weighted by Gasteiger charge is -2.39. The van der Waals surface area contributed by atoms with Gasteiger partial charge in [-0.25, -0.2) is 13.4 Å². The van der Waals surface area contributed by atoms with E-state index in [1.54, 1.807) is 27.9 Å². The molecule has 176 valence electrons. The van der Waals surface area contributed by atoms with E-state index < -0.39 is 14.6 Å². The average Bonchev–Trinajstić information content (AvgIpc) is 2.69. The maximum Gasteiger partial charge on any atom is 0.243 e.